The van der Waals surface area contributed by atoms with Crippen LogP contribution in [-0.2, 0) is 14.6 Å². The lowest BCUT2D eigenvalue weighted by Gasteiger charge is -2.14. The Morgan fingerprint density at radius 2 is 2.07 bits per heavy atom. The minimum Gasteiger partial charge on any atom is -0.481 e. The summed E-state index contributed by atoms with van der Waals surface area (Å²) in [4.78, 5) is 10.9. The molecule has 0 aromatic heterocycles. The van der Waals surface area contributed by atoms with Crippen molar-refractivity contribution in [1.29, 1.82) is 0 Å². The Balaban J connectivity index is 2.35. The summed E-state index contributed by atoms with van der Waals surface area (Å²) in [6.45, 7) is 0. The van der Waals surface area contributed by atoms with E-state index in [1.54, 1.807) is 0 Å². The molecule has 0 radical (unpaired) electrons. The zero-order valence-electron chi connectivity index (χ0n) is 8.98. The molecule has 2 unspecified atom stereocenters. The quantitative estimate of drug-likeness (QED) is 0.778. The molecule has 15 heavy (non-hydrogen) atoms. The van der Waals surface area contributed by atoms with E-state index in [0.29, 0.717) is 6.42 Å². The summed E-state index contributed by atoms with van der Waals surface area (Å²) in [5.74, 6) is -0.610. The second-order valence-corrected chi connectivity index (χ2v) is 6.67. The van der Waals surface area contributed by atoms with E-state index in [1.165, 1.54) is 6.26 Å². The molecule has 1 fully saturated rings. The largest absolute Gasteiger partial charge is 0.481 e. The number of rotatable bonds is 5. The average molecular weight is 234 g/mol. The molecule has 0 aromatic carbocycles. The molecule has 0 aromatic rings. The zero-order chi connectivity index (χ0) is 11.5. The van der Waals surface area contributed by atoms with Gasteiger partial charge in [-0.1, -0.05) is 6.42 Å². The van der Waals surface area contributed by atoms with Crippen LogP contribution in [0.5, 0.6) is 0 Å². The van der Waals surface area contributed by atoms with Crippen molar-refractivity contribution in [3.63, 3.8) is 0 Å². The molecule has 0 aliphatic heterocycles. The lowest BCUT2D eigenvalue weighted by Crippen LogP contribution is -2.19. The monoisotopic (exact) mass is 234 g/mol. The molecule has 0 amide bonds. The van der Waals surface area contributed by atoms with Gasteiger partial charge in [0.25, 0.3) is 0 Å². The highest BCUT2D eigenvalue weighted by molar-refractivity contribution is 7.90. The highest BCUT2D eigenvalue weighted by Gasteiger charge is 2.32. The van der Waals surface area contributed by atoms with E-state index in [-0.39, 0.29) is 17.6 Å². The average Bonchev–Trinajstić information content (AvgIpc) is 2.49. The first-order valence-corrected chi connectivity index (χ1v) is 7.37. The lowest BCUT2D eigenvalue weighted by molar-refractivity contribution is -0.143. The predicted octanol–water partition coefficient (Wildman–Crippen LogP) is 1.31. The molecular formula is C10H18O4S. The third kappa shape index (κ3) is 4.20. The zero-order valence-corrected chi connectivity index (χ0v) is 9.79. The van der Waals surface area contributed by atoms with Crippen molar-refractivity contribution in [2.24, 2.45) is 11.8 Å². The maximum Gasteiger partial charge on any atom is 0.306 e. The summed E-state index contributed by atoms with van der Waals surface area (Å²) in [5, 5.41) is 8.92. The van der Waals surface area contributed by atoms with Crippen LogP contribution in [0.2, 0.25) is 0 Å². The standard InChI is InChI=1S/C10H18O4S/c1-15(13,14)7-3-5-8-4-2-6-9(8)10(11)12/h8-9H,2-7H2,1H3,(H,11,12). The maximum atomic E-state index is 10.9. The van der Waals surface area contributed by atoms with E-state index in [2.05, 4.69) is 0 Å². The summed E-state index contributed by atoms with van der Waals surface area (Å²) in [6, 6.07) is 0. The molecular weight excluding hydrogens is 216 g/mol. The van der Waals surface area contributed by atoms with E-state index in [1.807, 2.05) is 0 Å². The number of carboxylic acids is 1. The summed E-state index contributed by atoms with van der Waals surface area (Å²) < 4.78 is 21.8. The van der Waals surface area contributed by atoms with Crippen LogP contribution in [0.3, 0.4) is 0 Å². The molecule has 1 aliphatic carbocycles. The number of hydrogen-bond acceptors (Lipinski definition) is 3. The first-order chi connectivity index (χ1) is 6.90. The third-order valence-electron chi connectivity index (χ3n) is 3.07. The molecule has 1 aliphatic rings. The van der Waals surface area contributed by atoms with Gasteiger partial charge in [-0.05, 0) is 31.6 Å². The number of hydrogen-bond donors (Lipinski definition) is 1. The Morgan fingerprint density at radius 1 is 1.40 bits per heavy atom. The summed E-state index contributed by atoms with van der Waals surface area (Å²) in [7, 11) is -2.90. The first-order valence-electron chi connectivity index (χ1n) is 5.30. The molecule has 4 nitrogen and oxygen atoms in total. The van der Waals surface area contributed by atoms with Crippen LogP contribution in [0.4, 0.5) is 0 Å². The van der Waals surface area contributed by atoms with E-state index >= 15 is 0 Å². The van der Waals surface area contributed by atoms with Crippen molar-refractivity contribution >= 4 is 15.8 Å². The lowest BCUT2D eigenvalue weighted by atomic mass is 9.92. The van der Waals surface area contributed by atoms with Crippen molar-refractivity contribution in [1.82, 2.24) is 0 Å². The first kappa shape index (κ1) is 12.5. The van der Waals surface area contributed by atoms with E-state index in [4.69, 9.17) is 5.11 Å². The minimum atomic E-state index is -2.90. The van der Waals surface area contributed by atoms with E-state index in [0.717, 1.165) is 25.7 Å². The molecule has 0 bridgehead atoms. The molecule has 88 valence electrons. The van der Waals surface area contributed by atoms with Gasteiger partial charge in [-0.3, -0.25) is 4.79 Å². The minimum absolute atomic E-state index is 0.176. The molecule has 1 saturated carbocycles. The van der Waals surface area contributed by atoms with Crippen molar-refractivity contribution < 1.29 is 18.3 Å². The summed E-state index contributed by atoms with van der Waals surface area (Å²) in [5.41, 5.74) is 0. The second-order valence-electron chi connectivity index (χ2n) is 4.41. The highest BCUT2D eigenvalue weighted by Crippen LogP contribution is 2.35. The molecule has 5 heteroatoms. The van der Waals surface area contributed by atoms with Gasteiger partial charge in [0.1, 0.15) is 9.84 Å². The van der Waals surface area contributed by atoms with Crippen LogP contribution in [0.1, 0.15) is 32.1 Å². The molecule has 0 saturated heterocycles. The summed E-state index contributed by atoms with van der Waals surface area (Å²) >= 11 is 0. The Morgan fingerprint density at radius 3 is 2.60 bits per heavy atom. The van der Waals surface area contributed by atoms with Crippen molar-refractivity contribution in [3.8, 4) is 0 Å². The fourth-order valence-electron chi connectivity index (χ4n) is 2.32. The Bertz CT molecular complexity index is 320. The van der Waals surface area contributed by atoms with Gasteiger partial charge in [-0.25, -0.2) is 8.42 Å². The number of carbonyl (C=O) groups is 1. The van der Waals surface area contributed by atoms with Crippen LogP contribution >= 0.6 is 0 Å². The number of aliphatic carboxylic acids is 1. The van der Waals surface area contributed by atoms with Gasteiger partial charge in [0, 0.05) is 12.0 Å². The van der Waals surface area contributed by atoms with Gasteiger partial charge in [0.2, 0.25) is 0 Å². The van der Waals surface area contributed by atoms with Crippen molar-refractivity contribution in [3.05, 3.63) is 0 Å². The highest BCUT2D eigenvalue weighted by atomic mass is 32.2. The predicted molar refractivity (Wildman–Crippen MR) is 57.4 cm³/mol. The number of carboxylic acid groups (broad SMARTS) is 1. The number of sulfone groups is 1. The normalized spacial score (nSPS) is 26.7. The SMILES string of the molecule is CS(=O)(=O)CCCC1CCCC1C(=O)O. The molecule has 1 N–H and O–H groups in total. The van der Waals surface area contributed by atoms with Gasteiger partial charge in [0.05, 0.1) is 5.92 Å². The van der Waals surface area contributed by atoms with Crippen LogP contribution in [-0.4, -0.2) is 31.5 Å². The van der Waals surface area contributed by atoms with Gasteiger partial charge < -0.3 is 5.11 Å². The van der Waals surface area contributed by atoms with Gasteiger partial charge in [0.15, 0.2) is 0 Å². The van der Waals surface area contributed by atoms with E-state index in [9.17, 15) is 13.2 Å². The third-order valence-corrected chi connectivity index (χ3v) is 4.10. The van der Waals surface area contributed by atoms with E-state index < -0.39 is 15.8 Å². The van der Waals surface area contributed by atoms with Crippen molar-refractivity contribution in [2.45, 2.75) is 32.1 Å². The molecule has 1 rings (SSSR count). The molecule has 0 spiro atoms. The van der Waals surface area contributed by atoms with Gasteiger partial charge in [-0.15, -0.1) is 0 Å². The summed E-state index contributed by atoms with van der Waals surface area (Å²) in [6.07, 6.45) is 5.17. The topological polar surface area (TPSA) is 71.4 Å². The molecule has 2 atom stereocenters. The fourth-order valence-corrected chi connectivity index (χ4v) is 3.01. The Kier molecular flexibility index (Phi) is 4.13. The Labute approximate surface area is 90.6 Å². The van der Waals surface area contributed by atoms with Crippen LogP contribution in [0.25, 0.3) is 0 Å². The van der Waals surface area contributed by atoms with Gasteiger partial charge >= 0.3 is 5.97 Å². The van der Waals surface area contributed by atoms with Crippen LogP contribution in [0.15, 0.2) is 0 Å². The van der Waals surface area contributed by atoms with Crippen molar-refractivity contribution in [2.75, 3.05) is 12.0 Å². The smallest absolute Gasteiger partial charge is 0.306 e. The maximum absolute atomic E-state index is 10.9. The molecule has 0 heterocycles. The van der Waals surface area contributed by atoms with Crippen LogP contribution < -0.4 is 0 Å². The van der Waals surface area contributed by atoms with Crippen LogP contribution in [0, 0.1) is 11.8 Å². The van der Waals surface area contributed by atoms with Gasteiger partial charge in [-0.2, -0.15) is 0 Å². The fraction of sp³-hybridized carbons (Fsp3) is 0.900. The second kappa shape index (κ2) is 4.96. The Hall–Kier alpha value is -0.580.